The lowest BCUT2D eigenvalue weighted by Crippen LogP contribution is -2.21. The minimum Gasteiger partial charge on any atom is -0.497 e. The molecule has 1 rings (SSSR count). The highest BCUT2D eigenvalue weighted by Crippen LogP contribution is 2.29. The molecule has 0 radical (unpaired) electrons. The van der Waals surface area contributed by atoms with Gasteiger partial charge in [0, 0.05) is 6.07 Å². The standard InChI is InChI=1S/C8H8F3NO5S2/c1-17-5-2-3-7(18(11,13)14)6(4-5)12-19(15,16)8(9)10/h2-4,8,12H,1H3. The van der Waals surface area contributed by atoms with Crippen LogP contribution in [0.15, 0.2) is 23.1 Å². The van der Waals surface area contributed by atoms with E-state index in [4.69, 9.17) is 0 Å². The molecule has 1 aromatic rings. The number of halogens is 3. The fourth-order valence-electron chi connectivity index (χ4n) is 1.13. The lowest BCUT2D eigenvalue weighted by atomic mass is 10.3. The summed E-state index contributed by atoms with van der Waals surface area (Å²) in [5.41, 5.74) is -0.859. The van der Waals surface area contributed by atoms with Crippen molar-refractivity contribution in [2.24, 2.45) is 0 Å². The molecule has 0 aromatic heterocycles. The van der Waals surface area contributed by atoms with Crippen molar-refractivity contribution in [1.29, 1.82) is 0 Å². The van der Waals surface area contributed by atoms with Gasteiger partial charge in [-0.25, -0.2) is 8.42 Å². The molecular formula is C8H8F3NO5S2. The molecule has 0 aliphatic heterocycles. The monoisotopic (exact) mass is 319 g/mol. The number of nitrogens with one attached hydrogen (secondary N) is 1. The molecule has 0 amide bonds. The van der Waals surface area contributed by atoms with Gasteiger partial charge >= 0.3 is 16.0 Å². The first kappa shape index (κ1) is 15.6. The third-order valence-electron chi connectivity index (χ3n) is 1.94. The van der Waals surface area contributed by atoms with Gasteiger partial charge in [-0.05, 0) is 12.1 Å². The van der Waals surface area contributed by atoms with Crippen LogP contribution in [-0.4, -0.2) is 29.7 Å². The summed E-state index contributed by atoms with van der Waals surface area (Å²) in [6.07, 6.45) is 0. The summed E-state index contributed by atoms with van der Waals surface area (Å²) < 4.78 is 86.7. The van der Waals surface area contributed by atoms with Gasteiger partial charge in [0.25, 0.3) is 10.0 Å². The third kappa shape index (κ3) is 3.73. The molecule has 6 nitrogen and oxygen atoms in total. The average Bonchev–Trinajstić information content (AvgIpc) is 2.26. The molecule has 0 aliphatic rings. The van der Waals surface area contributed by atoms with Crippen molar-refractivity contribution in [3.63, 3.8) is 0 Å². The lowest BCUT2D eigenvalue weighted by Gasteiger charge is -2.11. The predicted molar refractivity (Wildman–Crippen MR) is 59.8 cm³/mol. The number of anilines is 1. The SMILES string of the molecule is COc1ccc(S(=O)(=O)F)c(NS(=O)(=O)C(F)F)c1. The largest absolute Gasteiger partial charge is 0.497 e. The maximum atomic E-state index is 12.9. The van der Waals surface area contributed by atoms with Crippen molar-refractivity contribution in [2.45, 2.75) is 10.7 Å². The Labute approximate surface area is 107 Å². The second-order valence-electron chi connectivity index (χ2n) is 3.21. The van der Waals surface area contributed by atoms with E-state index in [1.54, 1.807) is 0 Å². The molecule has 0 bridgehead atoms. The molecule has 1 aromatic carbocycles. The highest BCUT2D eigenvalue weighted by molar-refractivity contribution is 7.93. The lowest BCUT2D eigenvalue weighted by molar-refractivity contribution is 0.236. The highest BCUT2D eigenvalue weighted by atomic mass is 32.3. The number of alkyl halides is 2. The quantitative estimate of drug-likeness (QED) is 0.827. The van der Waals surface area contributed by atoms with E-state index < -0.39 is 36.6 Å². The molecule has 0 spiro atoms. The molecule has 1 N–H and O–H groups in total. The summed E-state index contributed by atoms with van der Waals surface area (Å²) in [7, 11) is -9.24. The fraction of sp³-hybridized carbons (Fsp3) is 0.250. The minimum absolute atomic E-state index is 0.0423. The van der Waals surface area contributed by atoms with E-state index in [0.29, 0.717) is 6.07 Å². The Bertz CT molecular complexity index is 672. The summed E-state index contributed by atoms with van der Waals surface area (Å²) >= 11 is 0. The Balaban J connectivity index is 3.40. The van der Waals surface area contributed by atoms with Gasteiger partial charge in [-0.2, -0.15) is 17.2 Å². The van der Waals surface area contributed by atoms with Gasteiger partial charge in [-0.1, -0.05) is 0 Å². The molecule has 108 valence electrons. The number of rotatable bonds is 5. The van der Waals surface area contributed by atoms with E-state index in [1.807, 2.05) is 0 Å². The molecule has 19 heavy (non-hydrogen) atoms. The summed E-state index contributed by atoms with van der Waals surface area (Å²) in [5.74, 6) is -3.84. The normalized spacial score (nSPS) is 12.5. The van der Waals surface area contributed by atoms with Gasteiger partial charge in [0.05, 0.1) is 12.8 Å². The van der Waals surface area contributed by atoms with Gasteiger partial charge in [-0.3, -0.25) is 4.72 Å². The Morgan fingerprint density at radius 1 is 1.21 bits per heavy atom. The molecule has 0 unspecified atom stereocenters. The Morgan fingerprint density at radius 3 is 2.21 bits per heavy atom. The fourth-order valence-corrected chi connectivity index (χ4v) is 2.36. The van der Waals surface area contributed by atoms with Gasteiger partial charge in [-0.15, -0.1) is 3.89 Å². The smallest absolute Gasteiger partial charge is 0.355 e. The van der Waals surface area contributed by atoms with E-state index in [0.717, 1.165) is 12.1 Å². The first-order valence-electron chi connectivity index (χ1n) is 4.50. The molecular weight excluding hydrogens is 311 g/mol. The average molecular weight is 319 g/mol. The third-order valence-corrected chi connectivity index (χ3v) is 3.79. The number of sulfonamides is 1. The summed E-state index contributed by atoms with van der Waals surface area (Å²) in [6.45, 7) is 0. The zero-order valence-corrected chi connectivity index (χ0v) is 10.9. The number of hydrogen-bond acceptors (Lipinski definition) is 5. The molecule has 0 saturated heterocycles. The Hall–Kier alpha value is -1.49. The van der Waals surface area contributed by atoms with E-state index in [9.17, 15) is 29.5 Å². The minimum atomic E-state index is -5.28. The second kappa shape index (κ2) is 5.25. The maximum Gasteiger partial charge on any atom is 0.355 e. The van der Waals surface area contributed by atoms with Crippen molar-refractivity contribution >= 4 is 25.9 Å². The Kier molecular flexibility index (Phi) is 4.30. The van der Waals surface area contributed by atoms with Crippen LogP contribution in [-0.2, 0) is 20.2 Å². The molecule has 11 heteroatoms. The van der Waals surface area contributed by atoms with Crippen molar-refractivity contribution in [1.82, 2.24) is 0 Å². The highest BCUT2D eigenvalue weighted by Gasteiger charge is 2.27. The number of ether oxygens (including phenoxy) is 1. The van der Waals surface area contributed by atoms with Crippen LogP contribution in [0.4, 0.5) is 18.4 Å². The van der Waals surface area contributed by atoms with Crippen LogP contribution in [0.25, 0.3) is 0 Å². The number of benzene rings is 1. The number of hydrogen-bond donors (Lipinski definition) is 1. The van der Waals surface area contributed by atoms with E-state index >= 15 is 0 Å². The second-order valence-corrected chi connectivity index (χ2v) is 6.17. The van der Waals surface area contributed by atoms with E-state index in [-0.39, 0.29) is 5.75 Å². The zero-order chi connectivity index (χ0) is 14.8. The Morgan fingerprint density at radius 2 is 1.79 bits per heavy atom. The molecule has 0 heterocycles. The summed E-state index contributed by atoms with van der Waals surface area (Å²) in [4.78, 5) is -1.09. The number of methoxy groups -OCH3 is 1. The van der Waals surface area contributed by atoms with Crippen molar-refractivity contribution in [2.75, 3.05) is 11.8 Å². The van der Waals surface area contributed by atoms with Gasteiger partial charge in [0.2, 0.25) is 0 Å². The van der Waals surface area contributed by atoms with Gasteiger partial charge < -0.3 is 4.74 Å². The van der Waals surface area contributed by atoms with E-state index in [1.165, 1.54) is 11.8 Å². The molecule has 0 fully saturated rings. The van der Waals surface area contributed by atoms with Crippen LogP contribution in [0.5, 0.6) is 5.75 Å². The predicted octanol–water partition coefficient (Wildman–Crippen LogP) is 1.32. The van der Waals surface area contributed by atoms with Gasteiger partial charge in [0.15, 0.2) is 0 Å². The van der Waals surface area contributed by atoms with Crippen LogP contribution in [0.3, 0.4) is 0 Å². The van der Waals surface area contributed by atoms with Crippen LogP contribution in [0.2, 0.25) is 0 Å². The van der Waals surface area contributed by atoms with Crippen molar-refractivity contribution < 1.29 is 34.2 Å². The van der Waals surface area contributed by atoms with E-state index in [2.05, 4.69) is 4.74 Å². The van der Waals surface area contributed by atoms with Crippen LogP contribution in [0, 0.1) is 0 Å². The molecule has 0 saturated carbocycles. The first-order valence-corrected chi connectivity index (χ1v) is 7.43. The zero-order valence-electron chi connectivity index (χ0n) is 9.30. The topological polar surface area (TPSA) is 89.5 Å². The summed E-state index contributed by atoms with van der Waals surface area (Å²) in [5, 5.41) is 0. The first-order chi connectivity index (χ1) is 8.58. The summed E-state index contributed by atoms with van der Waals surface area (Å²) in [6, 6.07) is 2.50. The van der Waals surface area contributed by atoms with Crippen LogP contribution in [0.1, 0.15) is 0 Å². The van der Waals surface area contributed by atoms with Crippen LogP contribution < -0.4 is 9.46 Å². The maximum absolute atomic E-state index is 12.9. The van der Waals surface area contributed by atoms with Crippen molar-refractivity contribution in [3.05, 3.63) is 18.2 Å². The van der Waals surface area contributed by atoms with Crippen molar-refractivity contribution in [3.8, 4) is 5.75 Å². The van der Waals surface area contributed by atoms with Gasteiger partial charge in [0.1, 0.15) is 10.6 Å². The molecule has 0 aliphatic carbocycles. The van der Waals surface area contributed by atoms with Crippen LogP contribution >= 0.6 is 0 Å². The molecule has 0 atom stereocenters.